The molecule has 1 heterocycles. The molecule has 3 N–H and O–H groups in total. The molecule has 2 amide bonds. The molecule has 3 rings (SSSR count). The summed E-state index contributed by atoms with van der Waals surface area (Å²) in [5.41, 5.74) is 3.18. The van der Waals surface area contributed by atoms with Crippen molar-refractivity contribution in [2.24, 2.45) is 0 Å². The second-order valence-electron chi connectivity index (χ2n) is 5.96. The molecule has 8 nitrogen and oxygen atoms in total. The van der Waals surface area contributed by atoms with Gasteiger partial charge in [-0.3, -0.25) is 9.59 Å². The van der Waals surface area contributed by atoms with Crippen LogP contribution in [-0.2, 0) is 4.79 Å². The molecule has 0 fully saturated rings. The van der Waals surface area contributed by atoms with Crippen LogP contribution in [0.1, 0.15) is 15.9 Å². The van der Waals surface area contributed by atoms with Crippen molar-refractivity contribution in [2.75, 3.05) is 24.2 Å². The van der Waals surface area contributed by atoms with E-state index >= 15 is 0 Å². The molecule has 0 spiro atoms. The lowest BCUT2D eigenvalue weighted by Crippen LogP contribution is -2.24. The van der Waals surface area contributed by atoms with E-state index in [4.69, 9.17) is 11.6 Å². The molecule has 0 unspecified atom stereocenters. The Morgan fingerprint density at radius 3 is 2.71 bits per heavy atom. The quantitative estimate of drug-likeness (QED) is 0.592. The molecule has 0 saturated heterocycles. The van der Waals surface area contributed by atoms with E-state index < -0.39 is 0 Å². The molecule has 1 aromatic heterocycles. The van der Waals surface area contributed by atoms with Gasteiger partial charge >= 0.3 is 0 Å². The number of carbonyl (C=O) groups excluding carboxylic acids is 2. The summed E-state index contributed by atoms with van der Waals surface area (Å²) in [5, 5.41) is 13.1. The molecule has 9 heteroatoms. The monoisotopic (exact) mass is 398 g/mol. The van der Waals surface area contributed by atoms with Crippen LogP contribution in [0.25, 0.3) is 5.69 Å². The lowest BCUT2D eigenvalue weighted by molar-refractivity contribution is -0.114. The lowest BCUT2D eigenvalue weighted by Gasteiger charge is -2.14. The molecule has 28 heavy (non-hydrogen) atoms. The minimum Gasteiger partial charge on any atom is -0.376 e. The average molecular weight is 399 g/mol. The van der Waals surface area contributed by atoms with E-state index in [0.717, 1.165) is 5.56 Å². The van der Waals surface area contributed by atoms with Crippen LogP contribution in [0, 0.1) is 6.92 Å². The fourth-order valence-electron chi connectivity index (χ4n) is 2.72. The number of rotatable bonds is 6. The molecule has 0 radical (unpaired) electrons. The summed E-state index contributed by atoms with van der Waals surface area (Å²) in [6.45, 7) is 1.84. The van der Waals surface area contributed by atoms with E-state index in [2.05, 4.69) is 26.0 Å². The highest BCUT2D eigenvalue weighted by Gasteiger charge is 2.13. The van der Waals surface area contributed by atoms with E-state index in [-0.39, 0.29) is 18.4 Å². The van der Waals surface area contributed by atoms with Gasteiger partial charge in [-0.25, -0.2) is 9.67 Å². The Labute approximate surface area is 166 Å². The first-order chi connectivity index (χ1) is 13.5. The lowest BCUT2D eigenvalue weighted by atomic mass is 10.1. The Balaban J connectivity index is 1.73. The number of hydrogen-bond donors (Lipinski definition) is 3. The largest absolute Gasteiger partial charge is 0.376 e. The van der Waals surface area contributed by atoms with Gasteiger partial charge in [0.05, 0.1) is 17.9 Å². The zero-order chi connectivity index (χ0) is 20.1. The molecule has 0 bridgehead atoms. The van der Waals surface area contributed by atoms with Crippen molar-refractivity contribution in [1.82, 2.24) is 20.1 Å². The standard InChI is InChI=1S/C19H19ClN6O2/c1-12-14(19(28)21-2)4-3-5-15(12)23-9-18(27)25-16-8-13(20)6-7-17(16)26-11-22-10-24-26/h3-8,10-11,23H,9H2,1-2H3,(H,21,28)(H,25,27). The average Bonchev–Trinajstić information content (AvgIpc) is 3.21. The first kappa shape index (κ1) is 19.4. The molecule has 144 valence electrons. The fraction of sp³-hybridized carbons (Fsp3) is 0.158. The van der Waals surface area contributed by atoms with Crippen molar-refractivity contribution in [3.8, 4) is 5.69 Å². The first-order valence-corrected chi connectivity index (χ1v) is 8.87. The van der Waals surface area contributed by atoms with Crippen LogP contribution in [0.4, 0.5) is 11.4 Å². The normalized spacial score (nSPS) is 10.4. The number of hydrogen-bond acceptors (Lipinski definition) is 5. The first-order valence-electron chi connectivity index (χ1n) is 8.49. The van der Waals surface area contributed by atoms with Crippen molar-refractivity contribution in [3.63, 3.8) is 0 Å². The Hall–Kier alpha value is -3.39. The van der Waals surface area contributed by atoms with E-state index in [9.17, 15) is 9.59 Å². The maximum absolute atomic E-state index is 12.5. The van der Waals surface area contributed by atoms with Crippen molar-refractivity contribution in [3.05, 3.63) is 65.2 Å². The number of nitrogens with zero attached hydrogens (tertiary/aromatic N) is 3. The summed E-state index contributed by atoms with van der Waals surface area (Å²) in [7, 11) is 1.58. The molecule has 0 saturated carbocycles. The minimum absolute atomic E-state index is 0.0152. The summed E-state index contributed by atoms with van der Waals surface area (Å²) in [6.07, 6.45) is 2.94. The molecule has 0 aliphatic carbocycles. The zero-order valence-corrected chi connectivity index (χ0v) is 16.1. The molecule has 0 aliphatic heterocycles. The van der Waals surface area contributed by atoms with Crippen LogP contribution >= 0.6 is 11.6 Å². The fourth-order valence-corrected chi connectivity index (χ4v) is 2.89. The SMILES string of the molecule is CNC(=O)c1cccc(NCC(=O)Nc2cc(Cl)ccc2-n2cncn2)c1C. The molecular weight excluding hydrogens is 380 g/mol. The topological polar surface area (TPSA) is 101 Å². The number of halogens is 1. The summed E-state index contributed by atoms with van der Waals surface area (Å²) in [5.74, 6) is -0.449. The Morgan fingerprint density at radius 2 is 2.00 bits per heavy atom. The maximum Gasteiger partial charge on any atom is 0.251 e. The second-order valence-corrected chi connectivity index (χ2v) is 6.40. The smallest absolute Gasteiger partial charge is 0.251 e. The predicted octanol–water partition coefficient (Wildman–Crippen LogP) is 2.64. The van der Waals surface area contributed by atoms with Gasteiger partial charge in [0.1, 0.15) is 12.7 Å². The van der Waals surface area contributed by atoms with Gasteiger partial charge in [0.25, 0.3) is 5.91 Å². The van der Waals surface area contributed by atoms with E-state index in [1.807, 2.05) is 13.0 Å². The Kier molecular flexibility index (Phi) is 5.90. The third-order valence-corrected chi connectivity index (χ3v) is 4.38. The van der Waals surface area contributed by atoms with E-state index in [1.54, 1.807) is 37.4 Å². The molecule has 0 aliphatic rings. The van der Waals surface area contributed by atoms with Crippen LogP contribution in [0.2, 0.25) is 5.02 Å². The Morgan fingerprint density at radius 1 is 1.18 bits per heavy atom. The zero-order valence-electron chi connectivity index (χ0n) is 15.4. The van der Waals surface area contributed by atoms with Crippen LogP contribution in [0.5, 0.6) is 0 Å². The van der Waals surface area contributed by atoms with Gasteiger partial charge in [-0.05, 0) is 42.8 Å². The minimum atomic E-state index is -0.270. The van der Waals surface area contributed by atoms with E-state index in [1.165, 1.54) is 17.3 Å². The van der Waals surface area contributed by atoms with Crippen molar-refractivity contribution in [1.29, 1.82) is 0 Å². The highest BCUT2D eigenvalue weighted by atomic mass is 35.5. The molecular formula is C19H19ClN6O2. The second kappa shape index (κ2) is 8.53. The number of carbonyl (C=O) groups is 2. The van der Waals surface area contributed by atoms with Gasteiger partial charge in [0.2, 0.25) is 5.91 Å². The summed E-state index contributed by atoms with van der Waals surface area (Å²) >= 11 is 6.07. The highest BCUT2D eigenvalue weighted by Crippen LogP contribution is 2.24. The predicted molar refractivity (Wildman–Crippen MR) is 108 cm³/mol. The van der Waals surface area contributed by atoms with Gasteiger partial charge in [-0.1, -0.05) is 17.7 Å². The highest BCUT2D eigenvalue weighted by molar-refractivity contribution is 6.31. The van der Waals surface area contributed by atoms with Crippen molar-refractivity contribution < 1.29 is 9.59 Å². The third-order valence-electron chi connectivity index (χ3n) is 4.14. The van der Waals surface area contributed by atoms with Gasteiger partial charge in [0.15, 0.2) is 0 Å². The number of anilines is 2. The number of benzene rings is 2. The summed E-state index contributed by atoms with van der Waals surface area (Å²) < 4.78 is 1.54. The molecule has 0 atom stereocenters. The van der Waals surface area contributed by atoms with Gasteiger partial charge in [0, 0.05) is 23.3 Å². The van der Waals surface area contributed by atoms with Crippen LogP contribution in [0.15, 0.2) is 49.1 Å². The molecule has 3 aromatic rings. The number of nitrogens with one attached hydrogen (secondary N) is 3. The van der Waals surface area contributed by atoms with E-state index in [0.29, 0.717) is 27.6 Å². The summed E-state index contributed by atoms with van der Waals surface area (Å²) in [6, 6.07) is 10.4. The molecule has 2 aromatic carbocycles. The van der Waals surface area contributed by atoms with Gasteiger partial charge in [-0.15, -0.1) is 0 Å². The summed E-state index contributed by atoms with van der Waals surface area (Å²) in [4.78, 5) is 28.3. The van der Waals surface area contributed by atoms with Crippen molar-refractivity contribution >= 4 is 34.8 Å². The number of aromatic nitrogens is 3. The van der Waals surface area contributed by atoms with Crippen LogP contribution in [0.3, 0.4) is 0 Å². The van der Waals surface area contributed by atoms with Gasteiger partial charge < -0.3 is 16.0 Å². The van der Waals surface area contributed by atoms with Gasteiger partial charge in [-0.2, -0.15) is 5.10 Å². The van der Waals surface area contributed by atoms with Crippen molar-refractivity contribution in [2.45, 2.75) is 6.92 Å². The third kappa shape index (κ3) is 4.29. The van der Waals surface area contributed by atoms with Crippen LogP contribution < -0.4 is 16.0 Å². The number of amides is 2. The van der Waals surface area contributed by atoms with Crippen LogP contribution in [-0.4, -0.2) is 40.2 Å². The maximum atomic E-state index is 12.5. The Bertz CT molecular complexity index is 1000.